The molecule has 1 amide bonds. The number of carbonyl (C=O) groups excluding carboxylic acids is 2. The largest absolute Gasteiger partial charge is 0.493 e. The molecule has 0 saturated carbocycles. The molecule has 0 unspecified atom stereocenters. The third-order valence-electron chi connectivity index (χ3n) is 4.22. The number of hydrogen-bond donors (Lipinski definition) is 0. The molecule has 0 saturated heterocycles. The van der Waals surface area contributed by atoms with Gasteiger partial charge in [0.15, 0.2) is 11.9 Å². The number of aromatic nitrogens is 2. The SMILES string of the molecule is COc1cn(-c2ccccc2)nc1C(=O)O[C@H](C)C(=O)N(C)c1ccccc1. The number of anilines is 1. The molecule has 1 heterocycles. The second kappa shape index (κ2) is 8.39. The van der Waals surface area contributed by atoms with Gasteiger partial charge in [-0.25, -0.2) is 9.48 Å². The fourth-order valence-corrected chi connectivity index (χ4v) is 2.68. The number of carbonyl (C=O) groups is 2. The fraction of sp³-hybridized carbons (Fsp3) is 0.190. The summed E-state index contributed by atoms with van der Waals surface area (Å²) in [7, 11) is 3.08. The average Bonchev–Trinajstić information content (AvgIpc) is 3.18. The molecule has 1 atom stereocenters. The van der Waals surface area contributed by atoms with Crippen LogP contribution in [0.4, 0.5) is 5.69 Å². The van der Waals surface area contributed by atoms with Gasteiger partial charge < -0.3 is 14.4 Å². The summed E-state index contributed by atoms with van der Waals surface area (Å²) in [6.07, 6.45) is 0.610. The zero-order chi connectivity index (χ0) is 20.1. The van der Waals surface area contributed by atoms with Crippen molar-refractivity contribution in [1.29, 1.82) is 0 Å². The molecule has 0 fully saturated rings. The van der Waals surface area contributed by atoms with Crippen LogP contribution in [0.1, 0.15) is 17.4 Å². The third-order valence-corrected chi connectivity index (χ3v) is 4.22. The molecule has 0 bridgehead atoms. The Morgan fingerprint density at radius 1 is 1.04 bits per heavy atom. The van der Waals surface area contributed by atoms with Crippen LogP contribution in [0, 0.1) is 0 Å². The minimum atomic E-state index is -0.982. The molecular formula is C21H21N3O4. The molecule has 1 aromatic heterocycles. The molecule has 0 aliphatic heterocycles. The van der Waals surface area contributed by atoms with Crippen molar-refractivity contribution in [2.45, 2.75) is 13.0 Å². The van der Waals surface area contributed by atoms with Crippen molar-refractivity contribution >= 4 is 17.6 Å². The van der Waals surface area contributed by atoms with Crippen LogP contribution in [-0.4, -0.2) is 41.9 Å². The Morgan fingerprint density at radius 3 is 2.25 bits per heavy atom. The van der Waals surface area contributed by atoms with Gasteiger partial charge in [0.1, 0.15) is 0 Å². The summed E-state index contributed by atoms with van der Waals surface area (Å²) in [6, 6.07) is 18.4. The van der Waals surface area contributed by atoms with Gasteiger partial charge in [0.2, 0.25) is 5.69 Å². The van der Waals surface area contributed by atoms with E-state index in [1.807, 2.05) is 48.5 Å². The number of amides is 1. The smallest absolute Gasteiger partial charge is 0.363 e. The average molecular weight is 379 g/mol. The molecule has 0 spiro atoms. The van der Waals surface area contributed by atoms with Gasteiger partial charge in [0, 0.05) is 12.7 Å². The lowest BCUT2D eigenvalue weighted by atomic mass is 10.2. The standard InChI is InChI=1S/C21H21N3O4/c1-15(20(25)23(2)16-10-6-4-7-11-16)28-21(26)19-18(27-3)14-24(22-19)17-12-8-5-9-13-17/h4-15H,1-3H3/t15-/m1/s1. The first-order valence-corrected chi connectivity index (χ1v) is 8.74. The number of hydrogen-bond acceptors (Lipinski definition) is 5. The Balaban J connectivity index is 1.75. The summed E-state index contributed by atoms with van der Waals surface area (Å²) < 4.78 is 12.1. The lowest BCUT2D eigenvalue weighted by molar-refractivity contribution is -0.126. The number of rotatable bonds is 6. The van der Waals surface area contributed by atoms with Gasteiger partial charge in [-0.15, -0.1) is 0 Å². The molecule has 2 aromatic carbocycles. The third kappa shape index (κ3) is 4.03. The second-order valence-electron chi connectivity index (χ2n) is 6.11. The minimum absolute atomic E-state index is 0.00775. The summed E-state index contributed by atoms with van der Waals surface area (Å²) in [4.78, 5) is 26.6. The molecule has 7 nitrogen and oxygen atoms in total. The Bertz CT molecular complexity index is 954. The first-order valence-electron chi connectivity index (χ1n) is 8.74. The van der Waals surface area contributed by atoms with Crippen LogP contribution < -0.4 is 9.64 Å². The van der Waals surface area contributed by atoms with Gasteiger partial charge in [-0.3, -0.25) is 4.79 Å². The number of nitrogens with zero attached hydrogens (tertiary/aromatic N) is 3. The number of esters is 1. The number of para-hydroxylation sites is 2. The highest BCUT2D eigenvalue weighted by atomic mass is 16.6. The van der Waals surface area contributed by atoms with E-state index in [1.165, 1.54) is 23.6 Å². The summed E-state index contributed by atoms with van der Waals surface area (Å²) in [5.41, 5.74) is 1.49. The van der Waals surface area contributed by atoms with Gasteiger partial charge in [-0.1, -0.05) is 36.4 Å². The van der Waals surface area contributed by atoms with Crippen molar-refractivity contribution in [3.8, 4) is 11.4 Å². The maximum Gasteiger partial charge on any atom is 0.363 e. The van der Waals surface area contributed by atoms with Crippen LogP contribution in [0.5, 0.6) is 5.75 Å². The highest BCUT2D eigenvalue weighted by Crippen LogP contribution is 2.21. The fourth-order valence-electron chi connectivity index (χ4n) is 2.68. The van der Waals surface area contributed by atoms with Crippen LogP contribution >= 0.6 is 0 Å². The van der Waals surface area contributed by atoms with E-state index in [0.717, 1.165) is 5.69 Å². The normalized spacial score (nSPS) is 11.5. The summed E-state index contributed by atoms with van der Waals surface area (Å²) in [5.74, 6) is -0.806. The zero-order valence-electron chi connectivity index (χ0n) is 15.9. The van der Waals surface area contributed by atoms with E-state index >= 15 is 0 Å². The van der Waals surface area contributed by atoms with Crippen molar-refractivity contribution in [3.63, 3.8) is 0 Å². The van der Waals surface area contributed by atoms with Gasteiger partial charge >= 0.3 is 5.97 Å². The summed E-state index contributed by atoms with van der Waals surface area (Å²) in [6.45, 7) is 1.53. The van der Waals surface area contributed by atoms with Gasteiger partial charge in [-0.05, 0) is 31.2 Å². The van der Waals surface area contributed by atoms with E-state index < -0.39 is 12.1 Å². The summed E-state index contributed by atoms with van der Waals surface area (Å²) in [5, 5.41) is 4.26. The van der Waals surface area contributed by atoms with Gasteiger partial charge in [0.05, 0.1) is 19.0 Å². The van der Waals surface area contributed by atoms with E-state index in [-0.39, 0.29) is 17.4 Å². The Morgan fingerprint density at radius 2 is 1.64 bits per heavy atom. The lowest BCUT2D eigenvalue weighted by Crippen LogP contribution is -2.37. The zero-order valence-corrected chi connectivity index (χ0v) is 15.9. The number of methoxy groups -OCH3 is 1. The molecule has 28 heavy (non-hydrogen) atoms. The van der Waals surface area contributed by atoms with E-state index in [9.17, 15) is 9.59 Å². The Kier molecular flexibility index (Phi) is 5.74. The van der Waals surface area contributed by atoms with Crippen LogP contribution in [0.3, 0.4) is 0 Å². The number of likely N-dealkylation sites (N-methyl/N-ethyl adjacent to an activating group) is 1. The van der Waals surface area contributed by atoms with Gasteiger partial charge in [0.25, 0.3) is 5.91 Å². The minimum Gasteiger partial charge on any atom is -0.493 e. The Hall–Kier alpha value is -3.61. The first-order chi connectivity index (χ1) is 13.5. The topological polar surface area (TPSA) is 73.7 Å². The van der Waals surface area contributed by atoms with E-state index in [0.29, 0.717) is 5.69 Å². The van der Waals surface area contributed by atoms with Crippen LogP contribution in [0.25, 0.3) is 5.69 Å². The molecule has 0 radical (unpaired) electrons. The molecule has 144 valence electrons. The van der Waals surface area contributed by atoms with Crippen LogP contribution in [0.2, 0.25) is 0 Å². The highest BCUT2D eigenvalue weighted by Gasteiger charge is 2.27. The molecule has 3 rings (SSSR count). The molecule has 0 N–H and O–H groups in total. The molecule has 0 aliphatic rings. The predicted molar refractivity (Wildman–Crippen MR) is 105 cm³/mol. The second-order valence-corrected chi connectivity index (χ2v) is 6.11. The first kappa shape index (κ1) is 19.2. The van der Waals surface area contributed by atoms with Crippen molar-refractivity contribution in [1.82, 2.24) is 9.78 Å². The maximum absolute atomic E-state index is 12.6. The van der Waals surface area contributed by atoms with E-state index in [1.54, 1.807) is 25.4 Å². The van der Waals surface area contributed by atoms with Crippen LogP contribution in [-0.2, 0) is 9.53 Å². The van der Waals surface area contributed by atoms with E-state index in [2.05, 4.69) is 5.10 Å². The number of benzene rings is 2. The van der Waals surface area contributed by atoms with Crippen molar-refractivity contribution < 1.29 is 19.1 Å². The maximum atomic E-state index is 12.6. The predicted octanol–water partition coefficient (Wildman–Crippen LogP) is 3.09. The summed E-state index contributed by atoms with van der Waals surface area (Å²) >= 11 is 0. The Labute approximate surface area is 163 Å². The lowest BCUT2D eigenvalue weighted by Gasteiger charge is -2.21. The van der Waals surface area contributed by atoms with Crippen molar-refractivity contribution in [3.05, 3.63) is 72.6 Å². The quantitative estimate of drug-likeness (QED) is 0.616. The van der Waals surface area contributed by atoms with Crippen molar-refractivity contribution in [2.75, 3.05) is 19.1 Å². The van der Waals surface area contributed by atoms with Crippen molar-refractivity contribution in [2.24, 2.45) is 0 Å². The van der Waals surface area contributed by atoms with Crippen LogP contribution in [0.15, 0.2) is 66.9 Å². The number of ether oxygens (including phenoxy) is 2. The molecule has 0 aliphatic carbocycles. The van der Waals surface area contributed by atoms with E-state index in [4.69, 9.17) is 9.47 Å². The monoisotopic (exact) mass is 379 g/mol. The molecular weight excluding hydrogens is 358 g/mol. The highest BCUT2D eigenvalue weighted by molar-refractivity contribution is 5.98. The molecule has 7 heteroatoms. The van der Waals surface area contributed by atoms with Gasteiger partial charge in [-0.2, -0.15) is 5.10 Å². The molecule has 3 aromatic rings.